The SMILES string of the molecule is CCCc1nsc(OCCCNCc2ccccc2)n1. The average Bonchev–Trinajstić information content (AvgIpc) is 2.92. The molecule has 0 bridgehead atoms. The second kappa shape index (κ2) is 8.66. The topological polar surface area (TPSA) is 47.0 Å². The molecule has 2 aromatic rings. The van der Waals surface area contributed by atoms with Gasteiger partial charge in [-0.3, -0.25) is 0 Å². The van der Waals surface area contributed by atoms with E-state index in [1.165, 1.54) is 17.1 Å². The minimum atomic E-state index is 0.683. The molecule has 0 aliphatic rings. The molecule has 0 aliphatic heterocycles. The lowest BCUT2D eigenvalue weighted by molar-refractivity contribution is 0.306. The van der Waals surface area contributed by atoms with Gasteiger partial charge in [0.05, 0.1) is 6.61 Å². The third kappa shape index (κ3) is 5.27. The van der Waals surface area contributed by atoms with Crippen LogP contribution in [-0.4, -0.2) is 22.5 Å². The van der Waals surface area contributed by atoms with Gasteiger partial charge in [0, 0.05) is 24.5 Å². The van der Waals surface area contributed by atoms with Gasteiger partial charge in [0.15, 0.2) is 0 Å². The lowest BCUT2D eigenvalue weighted by atomic mass is 10.2. The molecule has 20 heavy (non-hydrogen) atoms. The summed E-state index contributed by atoms with van der Waals surface area (Å²) >= 11 is 1.35. The van der Waals surface area contributed by atoms with Crippen LogP contribution >= 0.6 is 11.5 Å². The molecular weight excluding hydrogens is 270 g/mol. The third-order valence-corrected chi connectivity index (χ3v) is 3.49. The summed E-state index contributed by atoms with van der Waals surface area (Å²) in [6.07, 6.45) is 2.97. The van der Waals surface area contributed by atoms with E-state index >= 15 is 0 Å². The molecule has 0 spiro atoms. The van der Waals surface area contributed by atoms with Gasteiger partial charge < -0.3 is 10.1 Å². The first-order valence-electron chi connectivity index (χ1n) is 7.08. The minimum Gasteiger partial charge on any atom is -0.469 e. The van der Waals surface area contributed by atoms with Gasteiger partial charge in [0.2, 0.25) is 0 Å². The minimum absolute atomic E-state index is 0.683. The second-order valence-electron chi connectivity index (χ2n) is 4.59. The zero-order valence-electron chi connectivity index (χ0n) is 11.8. The largest absolute Gasteiger partial charge is 0.469 e. The molecule has 0 amide bonds. The van der Waals surface area contributed by atoms with E-state index in [2.05, 4.69) is 45.9 Å². The van der Waals surface area contributed by atoms with Crippen LogP contribution in [0.2, 0.25) is 0 Å². The number of hydrogen-bond acceptors (Lipinski definition) is 5. The average molecular weight is 291 g/mol. The highest BCUT2D eigenvalue weighted by Crippen LogP contribution is 2.14. The molecular formula is C15H21N3OS. The highest BCUT2D eigenvalue weighted by Gasteiger charge is 2.03. The molecule has 1 N–H and O–H groups in total. The van der Waals surface area contributed by atoms with Gasteiger partial charge in [-0.05, 0) is 24.9 Å². The Labute approximate surface area is 124 Å². The maximum Gasteiger partial charge on any atom is 0.293 e. The first-order chi connectivity index (χ1) is 9.88. The van der Waals surface area contributed by atoms with E-state index in [1.54, 1.807) is 0 Å². The van der Waals surface area contributed by atoms with Crippen molar-refractivity contribution in [3.8, 4) is 5.19 Å². The first-order valence-corrected chi connectivity index (χ1v) is 7.86. The van der Waals surface area contributed by atoms with Crippen molar-refractivity contribution in [2.24, 2.45) is 0 Å². The summed E-state index contributed by atoms with van der Waals surface area (Å²) in [7, 11) is 0. The smallest absolute Gasteiger partial charge is 0.293 e. The van der Waals surface area contributed by atoms with Crippen molar-refractivity contribution in [2.45, 2.75) is 32.7 Å². The van der Waals surface area contributed by atoms with E-state index in [-0.39, 0.29) is 0 Å². The fraction of sp³-hybridized carbons (Fsp3) is 0.467. The van der Waals surface area contributed by atoms with E-state index in [0.29, 0.717) is 11.8 Å². The van der Waals surface area contributed by atoms with Gasteiger partial charge in [-0.1, -0.05) is 37.3 Å². The first kappa shape index (κ1) is 14.9. The molecule has 1 aromatic carbocycles. The number of ether oxygens (including phenoxy) is 1. The van der Waals surface area contributed by atoms with Crippen molar-refractivity contribution < 1.29 is 4.74 Å². The van der Waals surface area contributed by atoms with Crippen molar-refractivity contribution >= 4 is 11.5 Å². The highest BCUT2D eigenvalue weighted by molar-refractivity contribution is 7.07. The third-order valence-electron chi connectivity index (χ3n) is 2.82. The quantitative estimate of drug-likeness (QED) is 0.721. The Bertz CT molecular complexity index is 487. The van der Waals surface area contributed by atoms with Crippen LogP contribution in [0.25, 0.3) is 0 Å². The molecule has 2 rings (SSSR count). The van der Waals surface area contributed by atoms with Crippen LogP contribution in [0.15, 0.2) is 30.3 Å². The van der Waals surface area contributed by atoms with Crippen molar-refractivity contribution in [3.05, 3.63) is 41.7 Å². The molecule has 0 aliphatic carbocycles. The molecule has 1 aromatic heterocycles. The van der Waals surface area contributed by atoms with Crippen LogP contribution in [-0.2, 0) is 13.0 Å². The molecule has 0 saturated heterocycles. The zero-order valence-corrected chi connectivity index (χ0v) is 12.7. The maximum absolute atomic E-state index is 5.59. The number of benzene rings is 1. The summed E-state index contributed by atoms with van der Waals surface area (Å²) in [5.74, 6) is 0.898. The summed E-state index contributed by atoms with van der Waals surface area (Å²) in [5, 5.41) is 4.09. The summed E-state index contributed by atoms with van der Waals surface area (Å²) in [6.45, 7) is 4.65. The van der Waals surface area contributed by atoms with Crippen LogP contribution in [0, 0.1) is 0 Å². The Hall–Kier alpha value is -1.46. The molecule has 0 atom stereocenters. The highest BCUT2D eigenvalue weighted by atomic mass is 32.1. The molecule has 0 fully saturated rings. The van der Waals surface area contributed by atoms with Crippen LogP contribution in [0.1, 0.15) is 31.2 Å². The van der Waals surface area contributed by atoms with E-state index in [1.807, 2.05) is 6.07 Å². The van der Waals surface area contributed by atoms with Crippen molar-refractivity contribution in [1.82, 2.24) is 14.7 Å². The van der Waals surface area contributed by atoms with Gasteiger partial charge in [0.25, 0.3) is 5.19 Å². The summed E-state index contributed by atoms with van der Waals surface area (Å²) < 4.78 is 9.84. The summed E-state index contributed by atoms with van der Waals surface area (Å²) in [6, 6.07) is 10.4. The zero-order chi connectivity index (χ0) is 14.0. The van der Waals surface area contributed by atoms with Gasteiger partial charge in [-0.2, -0.15) is 9.36 Å². The maximum atomic E-state index is 5.59. The fourth-order valence-electron chi connectivity index (χ4n) is 1.81. The number of aromatic nitrogens is 2. The molecule has 0 unspecified atom stereocenters. The Morgan fingerprint density at radius 2 is 2.10 bits per heavy atom. The monoisotopic (exact) mass is 291 g/mol. The molecule has 0 saturated carbocycles. The van der Waals surface area contributed by atoms with E-state index in [0.717, 1.165) is 38.2 Å². The Morgan fingerprint density at radius 1 is 1.25 bits per heavy atom. The lowest BCUT2D eigenvalue weighted by Crippen LogP contribution is -2.16. The predicted octanol–water partition coefficient (Wildman–Crippen LogP) is 3.05. The van der Waals surface area contributed by atoms with Crippen LogP contribution in [0.5, 0.6) is 5.19 Å². The Kier molecular flexibility index (Phi) is 6.47. The second-order valence-corrected chi connectivity index (χ2v) is 5.31. The summed E-state index contributed by atoms with van der Waals surface area (Å²) in [5.41, 5.74) is 1.31. The van der Waals surface area contributed by atoms with Crippen LogP contribution in [0.3, 0.4) is 0 Å². The number of nitrogens with one attached hydrogen (secondary N) is 1. The van der Waals surface area contributed by atoms with Crippen LogP contribution in [0.4, 0.5) is 0 Å². The van der Waals surface area contributed by atoms with Gasteiger partial charge >= 0.3 is 0 Å². The van der Waals surface area contributed by atoms with Crippen molar-refractivity contribution in [1.29, 1.82) is 0 Å². The molecule has 108 valence electrons. The van der Waals surface area contributed by atoms with Gasteiger partial charge in [-0.25, -0.2) is 0 Å². The number of nitrogens with zero attached hydrogens (tertiary/aromatic N) is 2. The van der Waals surface area contributed by atoms with E-state index in [4.69, 9.17) is 4.74 Å². The van der Waals surface area contributed by atoms with Crippen molar-refractivity contribution in [3.63, 3.8) is 0 Å². The Balaban J connectivity index is 1.55. The molecule has 4 nitrogen and oxygen atoms in total. The number of hydrogen-bond donors (Lipinski definition) is 1. The van der Waals surface area contributed by atoms with E-state index < -0.39 is 0 Å². The molecule has 0 radical (unpaired) electrons. The van der Waals surface area contributed by atoms with Crippen LogP contribution < -0.4 is 10.1 Å². The van der Waals surface area contributed by atoms with E-state index in [9.17, 15) is 0 Å². The molecule has 5 heteroatoms. The standard InChI is InChI=1S/C15H21N3OS/c1-2-7-14-17-15(20-18-14)19-11-6-10-16-12-13-8-4-3-5-9-13/h3-5,8-9,16H,2,6-7,10-12H2,1H3. The lowest BCUT2D eigenvalue weighted by Gasteiger charge is -2.05. The fourth-order valence-corrected chi connectivity index (χ4v) is 2.40. The van der Waals surface area contributed by atoms with Gasteiger partial charge in [-0.15, -0.1) is 0 Å². The number of rotatable bonds is 9. The Morgan fingerprint density at radius 3 is 2.90 bits per heavy atom. The normalized spacial score (nSPS) is 10.7. The predicted molar refractivity (Wildman–Crippen MR) is 82.2 cm³/mol. The van der Waals surface area contributed by atoms with Crippen molar-refractivity contribution in [2.75, 3.05) is 13.2 Å². The number of aryl methyl sites for hydroxylation is 1. The molecule has 1 heterocycles. The van der Waals surface area contributed by atoms with Gasteiger partial charge in [0.1, 0.15) is 5.82 Å². The summed E-state index contributed by atoms with van der Waals surface area (Å²) in [4.78, 5) is 4.33.